The summed E-state index contributed by atoms with van der Waals surface area (Å²) in [6, 6.07) is 7.69. The minimum Gasteiger partial charge on any atom is -0.368 e. The van der Waals surface area contributed by atoms with E-state index in [0.717, 1.165) is 23.9 Å². The molecule has 90 valence electrons. The first-order chi connectivity index (χ1) is 8.24. The van der Waals surface area contributed by atoms with Crippen LogP contribution in [0.2, 0.25) is 0 Å². The number of nitrogens with two attached hydrogens (primary N) is 1. The smallest absolute Gasteiger partial charge is 0.239 e. The van der Waals surface area contributed by atoms with Crippen molar-refractivity contribution in [1.82, 2.24) is 5.32 Å². The molecule has 0 spiro atoms. The number of nitrogens with one attached hydrogen (secondary N) is 1. The van der Waals surface area contributed by atoms with Crippen molar-refractivity contribution >= 4 is 27.3 Å². The molecule has 1 heterocycles. The molecule has 0 fully saturated rings. The molecule has 4 heteroatoms. The zero-order chi connectivity index (χ0) is 12.3. The molecule has 0 aliphatic carbocycles. The summed E-state index contributed by atoms with van der Waals surface area (Å²) in [6.07, 6.45) is 0.978. The maximum atomic E-state index is 11.5. The number of amides is 1. The zero-order valence-electron chi connectivity index (χ0n) is 9.77. The van der Waals surface area contributed by atoms with Gasteiger partial charge in [0.1, 0.15) is 6.04 Å². The van der Waals surface area contributed by atoms with Gasteiger partial charge in [0.05, 0.1) is 0 Å². The van der Waals surface area contributed by atoms with E-state index in [2.05, 4.69) is 18.3 Å². The molecule has 0 bridgehead atoms. The van der Waals surface area contributed by atoms with Gasteiger partial charge in [-0.25, -0.2) is 0 Å². The Labute approximate surface area is 105 Å². The highest BCUT2D eigenvalue weighted by atomic mass is 32.1. The number of carbonyl (C=O) groups is 1. The Morgan fingerprint density at radius 2 is 2.24 bits per heavy atom. The van der Waals surface area contributed by atoms with Crippen LogP contribution in [0.3, 0.4) is 0 Å². The summed E-state index contributed by atoms with van der Waals surface area (Å²) in [5.41, 5.74) is 6.46. The lowest BCUT2D eigenvalue weighted by molar-refractivity contribution is -0.120. The molecule has 1 unspecified atom stereocenters. The Morgan fingerprint density at radius 1 is 1.47 bits per heavy atom. The van der Waals surface area contributed by atoms with Crippen LogP contribution in [0, 0.1) is 0 Å². The maximum Gasteiger partial charge on any atom is 0.239 e. The summed E-state index contributed by atoms with van der Waals surface area (Å²) in [7, 11) is 0. The van der Waals surface area contributed by atoms with Crippen LogP contribution in [-0.2, 0) is 4.79 Å². The van der Waals surface area contributed by atoms with Crippen LogP contribution in [-0.4, -0.2) is 12.5 Å². The fourth-order valence-electron chi connectivity index (χ4n) is 1.87. The van der Waals surface area contributed by atoms with Crippen LogP contribution < -0.4 is 11.1 Å². The number of primary amides is 1. The summed E-state index contributed by atoms with van der Waals surface area (Å²) in [6.45, 7) is 2.86. The van der Waals surface area contributed by atoms with Gasteiger partial charge in [-0.3, -0.25) is 4.79 Å². The van der Waals surface area contributed by atoms with Gasteiger partial charge in [-0.05, 0) is 35.4 Å². The highest BCUT2D eigenvalue weighted by Gasteiger charge is 2.19. The van der Waals surface area contributed by atoms with Crippen molar-refractivity contribution in [2.24, 2.45) is 5.73 Å². The fraction of sp³-hybridized carbons (Fsp3) is 0.308. The second-order valence-corrected chi connectivity index (χ2v) is 4.89. The van der Waals surface area contributed by atoms with Crippen molar-refractivity contribution in [3.63, 3.8) is 0 Å². The Hall–Kier alpha value is -1.39. The molecule has 1 aromatic heterocycles. The van der Waals surface area contributed by atoms with Crippen molar-refractivity contribution in [2.75, 3.05) is 6.54 Å². The van der Waals surface area contributed by atoms with Gasteiger partial charge in [0, 0.05) is 4.70 Å². The first-order valence-corrected chi connectivity index (χ1v) is 6.60. The van der Waals surface area contributed by atoms with Crippen LogP contribution >= 0.6 is 11.3 Å². The minimum absolute atomic E-state index is 0.318. The predicted octanol–water partition coefficient (Wildman–Crippen LogP) is 2.43. The van der Waals surface area contributed by atoms with E-state index in [9.17, 15) is 4.79 Å². The van der Waals surface area contributed by atoms with Crippen LogP contribution in [0.4, 0.5) is 0 Å². The van der Waals surface area contributed by atoms with Crippen LogP contribution in [0.1, 0.15) is 24.9 Å². The second kappa shape index (κ2) is 5.29. The largest absolute Gasteiger partial charge is 0.368 e. The molecule has 0 aliphatic heterocycles. The van der Waals surface area contributed by atoms with Crippen molar-refractivity contribution in [1.29, 1.82) is 0 Å². The van der Waals surface area contributed by atoms with E-state index in [1.807, 2.05) is 23.6 Å². The van der Waals surface area contributed by atoms with E-state index in [-0.39, 0.29) is 11.9 Å². The minimum atomic E-state index is -0.383. The zero-order valence-corrected chi connectivity index (χ0v) is 10.6. The number of carbonyl (C=O) groups excluding carboxylic acids is 1. The van der Waals surface area contributed by atoms with Crippen LogP contribution in [0.5, 0.6) is 0 Å². The van der Waals surface area contributed by atoms with Gasteiger partial charge in [-0.2, -0.15) is 0 Å². The summed E-state index contributed by atoms with van der Waals surface area (Å²) in [5, 5.41) is 6.33. The molecule has 2 aromatic rings. The van der Waals surface area contributed by atoms with Crippen molar-refractivity contribution in [3.8, 4) is 0 Å². The average molecular weight is 248 g/mol. The molecule has 17 heavy (non-hydrogen) atoms. The number of thiophene rings is 1. The highest BCUT2D eigenvalue weighted by Crippen LogP contribution is 2.30. The molecule has 1 amide bonds. The lowest BCUT2D eigenvalue weighted by Crippen LogP contribution is -2.33. The average Bonchev–Trinajstić information content (AvgIpc) is 2.73. The lowest BCUT2D eigenvalue weighted by atomic mass is 10.1. The Morgan fingerprint density at radius 3 is 2.94 bits per heavy atom. The molecule has 2 rings (SSSR count). The van der Waals surface area contributed by atoms with E-state index in [4.69, 9.17) is 5.73 Å². The van der Waals surface area contributed by atoms with Crippen molar-refractivity contribution in [2.45, 2.75) is 19.4 Å². The van der Waals surface area contributed by atoms with Gasteiger partial charge < -0.3 is 11.1 Å². The SMILES string of the molecule is CCCNC(C(N)=O)c1csc2ccccc12. The highest BCUT2D eigenvalue weighted by molar-refractivity contribution is 7.17. The van der Waals surface area contributed by atoms with E-state index in [1.165, 1.54) is 4.70 Å². The van der Waals surface area contributed by atoms with Gasteiger partial charge in [0.15, 0.2) is 0 Å². The molecule has 0 saturated carbocycles. The maximum absolute atomic E-state index is 11.5. The van der Waals surface area contributed by atoms with Crippen molar-refractivity contribution < 1.29 is 4.79 Å². The summed E-state index contributed by atoms with van der Waals surface area (Å²) in [4.78, 5) is 11.5. The van der Waals surface area contributed by atoms with Gasteiger partial charge in [-0.15, -0.1) is 11.3 Å². The van der Waals surface area contributed by atoms with E-state index in [0.29, 0.717) is 0 Å². The van der Waals surface area contributed by atoms with Crippen molar-refractivity contribution in [3.05, 3.63) is 35.2 Å². The summed E-state index contributed by atoms with van der Waals surface area (Å²) < 4.78 is 1.19. The monoisotopic (exact) mass is 248 g/mol. The number of rotatable bonds is 5. The number of hydrogen-bond donors (Lipinski definition) is 2. The molecule has 1 atom stereocenters. The third-order valence-electron chi connectivity index (χ3n) is 2.70. The van der Waals surface area contributed by atoms with E-state index >= 15 is 0 Å². The molecule has 1 aromatic carbocycles. The van der Waals surface area contributed by atoms with Gasteiger partial charge in [-0.1, -0.05) is 25.1 Å². The first kappa shape index (κ1) is 12.1. The lowest BCUT2D eigenvalue weighted by Gasteiger charge is -2.14. The standard InChI is InChI=1S/C13H16N2OS/c1-2-7-15-12(13(14)16)10-8-17-11-6-4-3-5-9(10)11/h3-6,8,12,15H,2,7H2,1H3,(H2,14,16). The topological polar surface area (TPSA) is 55.1 Å². The van der Waals surface area contributed by atoms with Crippen LogP contribution in [0.15, 0.2) is 29.6 Å². The predicted molar refractivity (Wildman–Crippen MR) is 72.1 cm³/mol. The molecule has 3 N–H and O–H groups in total. The molecule has 0 saturated heterocycles. The van der Waals surface area contributed by atoms with Gasteiger partial charge >= 0.3 is 0 Å². The quantitative estimate of drug-likeness (QED) is 0.854. The third kappa shape index (κ3) is 2.48. The second-order valence-electron chi connectivity index (χ2n) is 3.98. The third-order valence-corrected chi connectivity index (χ3v) is 3.69. The van der Waals surface area contributed by atoms with Gasteiger partial charge in [0.25, 0.3) is 0 Å². The Bertz CT molecular complexity index is 521. The first-order valence-electron chi connectivity index (χ1n) is 5.73. The molecule has 0 radical (unpaired) electrons. The molecular weight excluding hydrogens is 232 g/mol. The van der Waals surface area contributed by atoms with E-state index in [1.54, 1.807) is 11.3 Å². The number of hydrogen-bond acceptors (Lipinski definition) is 3. The fourth-order valence-corrected chi connectivity index (χ4v) is 2.86. The summed E-state index contributed by atoms with van der Waals surface area (Å²) in [5.74, 6) is -0.318. The molecule has 0 aliphatic rings. The molecule has 3 nitrogen and oxygen atoms in total. The van der Waals surface area contributed by atoms with E-state index < -0.39 is 0 Å². The van der Waals surface area contributed by atoms with Gasteiger partial charge in [0.2, 0.25) is 5.91 Å². The normalized spacial score (nSPS) is 12.8. The Kier molecular flexibility index (Phi) is 3.76. The van der Waals surface area contributed by atoms with Crippen LogP contribution in [0.25, 0.3) is 10.1 Å². The Balaban J connectivity index is 2.38. The number of benzene rings is 1. The molecular formula is C13H16N2OS. The number of fused-ring (bicyclic) bond motifs is 1. The summed E-state index contributed by atoms with van der Waals surface area (Å²) >= 11 is 1.65.